The minimum atomic E-state index is -0.150. The van der Waals surface area contributed by atoms with Gasteiger partial charge in [-0.25, -0.2) is 5.43 Å². The number of carbonyl (C=O) groups is 1. The summed E-state index contributed by atoms with van der Waals surface area (Å²) in [7, 11) is 1.65. The van der Waals surface area contributed by atoms with Gasteiger partial charge >= 0.3 is 0 Å². The van der Waals surface area contributed by atoms with Crippen LogP contribution in [0, 0.1) is 0 Å². The number of ether oxygens (including phenoxy) is 1. The molecule has 0 atom stereocenters. The Morgan fingerprint density at radius 1 is 1.31 bits per heavy atom. The van der Waals surface area contributed by atoms with Gasteiger partial charge < -0.3 is 4.74 Å². The topological polar surface area (TPSA) is 50.4 Å². The Labute approximate surface area is 96.0 Å². The molecule has 0 heterocycles. The quantitative estimate of drug-likeness (QED) is 0.569. The first-order valence-corrected chi connectivity index (χ1v) is 5.48. The third-order valence-electron chi connectivity index (χ3n) is 2.12. The molecule has 1 aromatic rings. The zero-order chi connectivity index (χ0) is 11.8. The molecule has 1 amide bonds. The molecule has 2 N–H and O–H groups in total. The molecule has 0 unspecified atom stereocenters. The molecule has 16 heavy (non-hydrogen) atoms. The molecule has 88 valence electrons. The third kappa shape index (κ3) is 3.90. The summed E-state index contributed by atoms with van der Waals surface area (Å²) in [5.74, 6) is 0.650. The van der Waals surface area contributed by atoms with Gasteiger partial charge in [0.25, 0.3) is 5.91 Å². The lowest BCUT2D eigenvalue weighted by atomic mass is 10.2. The molecule has 1 rings (SSSR count). The molecule has 0 aliphatic carbocycles. The number of nitrogens with one attached hydrogen (secondary N) is 2. The molecular formula is C12H18N2O2. The van der Waals surface area contributed by atoms with E-state index in [0.717, 1.165) is 25.2 Å². The normalized spacial score (nSPS) is 9.88. The van der Waals surface area contributed by atoms with Crippen LogP contribution >= 0.6 is 0 Å². The summed E-state index contributed by atoms with van der Waals surface area (Å²) >= 11 is 0. The van der Waals surface area contributed by atoms with Crippen molar-refractivity contribution in [1.29, 1.82) is 0 Å². The van der Waals surface area contributed by atoms with E-state index in [9.17, 15) is 4.79 Å². The number of benzene rings is 1. The number of rotatable bonds is 6. The fraction of sp³-hybridized carbons (Fsp3) is 0.417. The lowest BCUT2D eigenvalue weighted by Crippen LogP contribution is -2.33. The van der Waals surface area contributed by atoms with Gasteiger partial charge in [-0.05, 0) is 30.7 Å². The number of hydrazine groups is 1. The molecule has 0 spiro atoms. The summed E-state index contributed by atoms with van der Waals surface area (Å²) in [6, 6.07) is 7.10. The second kappa shape index (κ2) is 6.85. The standard InChI is InChI=1S/C12H18N2O2/c1-3-4-9-16-11-7-5-10(6-8-11)12(15)14-13-2/h5-8,13H,3-4,9H2,1-2H3,(H,14,15). The zero-order valence-electron chi connectivity index (χ0n) is 9.75. The SMILES string of the molecule is CCCCOc1ccc(C(=O)NNC)cc1. The van der Waals surface area contributed by atoms with Crippen LogP contribution in [0.2, 0.25) is 0 Å². The molecule has 0 aliphatic rings. The van der Waals surface area contributed by atoms with Crippen LogP contribution in [0.1, 0.15) is 30.1 Å². The van der Waals surface area contributed by atoms with Gasteiger partial charge in [-0.2, -0.15) is 0 Å². The fourth-order valence-electron chi connectivity index (χ4n) is 1.22. The van der Waals surface area contributed by atoms with Crippen molar-refractivity contribution in [2.45, 2.75) is 19.8 Å². The summed E-state index contributed by atoms with van der Waals surface area (Å²) in [6.07, 6.45) is 2.16. The molecule has 0 saturated carbocycles. The minimum absolute atomic E-state index is 0.150. The van der Waals surface area contributed by atoms with E-state index >= 15 is 0 Å². The molecular weight excluding hydrogens is 204 g/mol. The van der Waals surface area contributed by atoms with Crippen LogP contribution in [0.25, 0.3) is 0 Å². The Balaban J connectivity index is 2.50. The predicted molar refractivity (Wildman–Crippen MR) is 63.4 cm³/mol. The lowest BCUT2D eigenvalue weighted by molar-refractivity contribution is 0.0938. The average molecular weight is 222 g/mol. The van der Waals surface area contributed by atoms with Crippen LogP contribution in [0.5, 0.6) is 5.75 Å². The van der Waals surface area contributed by atoms with Crippen LogP contribution in [0.3, 0.4) is 0 Å². The number of carbonyl (C=O) groups excluding carboxylic acids is 1. The molecule has 0 radical (unpaired) electrons. The first kappa shape index (κ1) is 12.5. The maximum Gasteiger partial charge on any atom is 0.265 e. The Morgan fingerprint density at radius 2 is 2.00 bits per heavy atom. The van der Waals surface area contributed by atoms with E-state index < -0.39 is 0 Å². The van der Waals surface area contributed by atoms with Crippen molar-refractivity contribution < 1.29 is 9.53 Å². The van der Waals surface area contributed by atoms with Gasteiger partial charge in [-0.1, -0.05) is 13.3 Å². The number of hydrogen-bond acceptors (Lipinski definition) is 3. The summed E-state index contributed by atoms with van der Waals surface area (Å²) in [5, 5.41) is 0. The van der Waals surface area contributed by atoms with Gasteiger partial charge in [0.1, 0.15) is 5.75 Å². The van der Waals surface area contributed by atoms with E-state index in [4.69, 9.17) is 4.74 Å². The highest BCUT2D eigenvalue weighted by molar-refractivity contribution is 5.93. The van der Waals surface area contributed by atoms with Crippen LogP contribution in [-0.2, 0) is 0 Å². The largest absolute Gasteiger partial charge is 0.494 e. The van der Waals surface area contributed by atoms with E-state index in [-0.39, 0.29) is 5.91 Å². The second-order valence-corrected chi connectivity index (χ2v) is 3.43. The van der Waals surface area contributed by atoms with Crippen molar-refractivity contribution in [3.8, 4) is 5.75 Å². The average Bonchev–Trinajstić information content (AvgIpc) is 2.30. The Bertz CT molecular complexity index is 322. The molecule has 4 heteroatoms. The monoisotopic (exact) mass is 222 g/mol. The zero-order valence-corrected chi connectivity index (χ0v) is 9.75. The maximum absolute atomic E-state index is 11.4. The van der Waals surface area contributed by atoms with Crippen LogP contribution < -0.4 is 15.6 Å². The van der Waals surface area contributed by atoms with Gasteiger partial charge in [0.2, 0.25) is 0 Å². The Kier molecular flexibility index (Phi) is 5.36. The van der Waals surface area contributed by atoms with Crippen molar-refractivity contribution in [2.24, 2.45) is 0 Å². The maximum atomic E-state index is 11.4. The number of amides is 1. The van der Waals surface area contributed by atoms with E-state index in [0.29, 0.717) is 5.56 Å². The van der Waals surface area contributed by atoms with Crippen molar-refractivity contribution in [1.82, 2.24) is 10.9 Å². The molecule has 0 bridgehead atoms. The smallest absolute Gasteiger partial charge is 0.265 e. The molecule has 0 saturated heterocycles. The summed E-state index contributed by atoms with van der Waals surface area (Å²) in [5.41, 5.74) is 5.70. The summed E-state index contributed by atoms with van der Waals surface area (Å²) in [6.45, 7) is 2.84. The molecule has 0 fully saturated rings. The highest BCUT2D eigenvalue weighted by Crippen LogP contribution is 2.12. The van der Waals surface area contributed by atoms with Gasteiger partial charge in [0.15, 0.2) is 0 Å². The van der Waals surface area contributed by atoms with Crippen molar-refractivity contribution >= 4 is 5.91 Å². The van der Waals surface area contributed by atoms with Gasteiger partial charge in [0, 0.05) is 12.6 Å². The highest BCUT2D eigenvalue weighted by Gasteiger charge is 2.03. The molecule has 0 aliphatic heterocycles. The Hall–Kier alpha value is -1.55. The van der Waals surface area contributed by atoms with Gasteiger partial charge in [0.05, 0.1) is 6.61 Å². The second-order valence-electron chi connectivity index (χ2n) is 3.43. The number of hydrogen-bond donors (Lipinski definition) is 2. The van der Waals surface area contributed by atoms with E-state index in [1.807, 2.05) is 0 Å². The van der Waals surface area contributed by atoms with Crippen molar-refractivity contribution in [3.63, 3.8) is 0 Å². The first-order chi connectivity index (χ1) is 7.77. The van der Waals surface area contributed by atoms with E-state index in [1.54, 1.807) is 31.3 Å². The minimum Gasteiger partial charge on any atom is -0.494 e. The van der Waals surface area contributed by atoms with Gasteiger partial charge in [-0.15, -0.1) is 0 Å². The van der Waals surface area contributed by atoms with Crippen molar-refractivity contribution in [3.05, 3.63) is 29.8 Å². The van der Waals surface area contributed by atoms with Crippen LogP contribution in [0.15, 0.2) is 24.3 Å². The van der Waals surface area contributed by atoms with Crippen LogP contribution in [0.4, 0.5) is 0 Å². The van der Waals surface area contributed by atoms with Crippen molar-refractivity contribution in [2.75, 3.05) is 13.7 Å². The highest BCUT2D eigenvalue weighted by atomic mass is 16.5. The molecule has 1 aromatic carbocycles. The molecule has 0 aromatic heterocycles. The first-order valence-electron chi connectivity index (χ1n) is 5.48. The van der Waals surface area contributed by atoms with Gasteiger partial charge in [-0.3, -0.25) is 10.2 Å². The summed E-state index contributed by atoms with van der Waals surface area (Å²) < 4.78 is 5.49. The summed E-state index contributed by atoms with van der Waals surface area (Å²) in [4.78, 5) is 11.4. The van der Waals surface area contributed by atoms with Crippen LogP contribution in [-0.4, -0.2) is 19.6 Å². The number of unbranched alkanes of at least 4 members (excludes halogenated alkanes) is 1. The third-order valence-corrected chi connectivity index (χ3v) is 2.12. The molecule has 4 nitrogen and oxygen atoms in total. The van der Waals surface area contributed by atoms with E-state index in [1.165, 1.54) is 0 Å². The lowest BCUT2D eigenvalue weighted by Gasteiger charge is -2.06. The predicted octanol–water partition coefficient (Wildman–Crippen LogP) is 1.73. The fourth-order valence-corrected chi connectivity index (χ4v) is 1.22. The van der Waals surface area contributed by atoms with E-state index in [2.05, 4.69) is 17.8 Å². The Morgan fingerprint density at radius 3 is 2.56 bits per heavy atom.